The Bertz CT molecular complexity index is 551. The largest absolute Gasteiger partial charge is 0.353 e. The second-order valence-electron chi connectivity index (χ2n) is 4.56. The fourth-order valence-corrected chi connectivity index (χ4v) is 2.51. The molecule has 0 aliphatic carbocycles. The molecule has 1 aromatic rings. The van der Waals surface area contributed by atoms with E-state index in [0.29, 0.717) is 6.61 Å². The summed E-state index contributed by atoms with van der Waals surface area (Å²) < 4.78 is 17.8. The number of aromatic nitrogens is 2. The minimum atomic E-state index is -0.473. The van der Waals surface area contributed by atoms with Crippen LogP contribution >= 0.6 is 0 Å². The Morgan fingerprint density at radius 3 is 3.00 bits per heavy atom. The number of fused-ring (bicyclic) bond motifs is 1. The molecule has 0 aromatic carbocycles. The standard InChI is InChI=1S/C11H14N2O5/c1-6-9-7(4-16-5-17-9)18-10(6)13-3-2-8(14)12-11(13)15/h2-3,6-7,9-10H,4-5H2,1H3,(H,12,14,15)/t6-,7+,9-,10+/m0/s1. The van der Waals surface area contributed by atoms with Crippen molar-refractivity contribution in [1.29, 1.82) is 0 Å². The van der Waals surface area contributed by atoms with Crippen molar-refractivity contribution in [2.24, 2.45) is 5.92 Å². The molecule has 0 amide bonds. The number of H-pyrrole nitrogens is 1. The molecule has 0 saturated carbocycles. The Hall–Kier alpha value is -1.44. The van der Waals surface area contributed by atoms with Crippen LogP contribution in [0.25, 0.3) is 0 Å². The van der Waals surface area contributed by atoms with E-state index in [1.165, 1.54) is 16.8 Å². The topological polar surface area (TPSA) is 82.6 Å². The van der Waals surface area contributed by atoms with E-state index in [4.69, 9.17) is 14.2 Å². The molecule has 7 nitrogen and oxygen atoms in total. The van der Waals surface area contributed by atoms with Gasteiger partial charge >= 0.3 is 5.69 Å². The number of nitrogens with zero attached hydrogens (tertiary/aromatic N) is 1. The summed E-state index contributed by atoms with van der Waals surface area (Å²) in [5, 5.41) is 0. The van der Waals surface area contributed by atoms with Crippen molar-refractivity contribution in [2.75, 3.05) is 13.4 Å². The zero-order chi connectivity index (χ0) is 12.7. The molecular weight excluding hydrogens is 240 g/mol. The lowest BCUT2D eigenvalue weighted by Gasteiger charge is -2.26. The predicted octanol–water partition coefficient (Wildman–Crippen LogP) is -0.557. The Kier molecular flexibility index (Phi) is 2.81. The summed E-state index contributed by atoms with van der Waals surface area (Å²) in [7, 11) is 0. The van der Waals surface area contributed by atoms with Gasteiger partial charge in [-0.25, -0.2) is 4.79 Å². The van der Waals surface area contributed by atoms with Crippen molar-refractivity contribution in [3.8, 4) is 0 Å². The molecule has 3 heterocycles. The highest BCUT2D eigenvalue weighted by atomic mass is 16.7. The van der Waals surface area contributed by atoms with Crippen LogP contribution < -0.4 is 11.2 Å². The van der Waals surface area contributed by atoms with Crippen molar-refractivity contribution in [3.05, 3.63) is 33.1 Å². The van der Waals surface area contributed by atoms with Crippen molar-refractivity contribution in [1.82, 2.24) is 9.55 Å². The first-order valence-corrected chi connectivity index (χ1v) is 5.83. The summed E-state index contributed by atoms with van der Waals surface area (Å²) in [5.41, 5.74) is -0.891. The van der Waals surface area contributed by atoms with Gasteiger partial charge in [-0.2, -0.15) is 0 Å². The number of rotatable bonds is 1. The lowest BCUT2D eigenvalue weighted by atomic mass is 10.0. The molecule has 1 N–H and O–H groups in total. The molecule has 0 spiro atoms. The summed E-state index contributed by atoms with van der Waals surface area (Å²) in [5.74, 6) is 0.0162. The Morgan fingerprint density at radius 1 is 1.44 bits per heavy atom. The number of hydrogen-bond donors (Lipinski definition) is 1. The molecule has 1 aromatic heterocycles. The van der Waals surface area contributed by atoms with Crippen molar-refractivity contribution in [2.45, 2.75) is 25.4 Å². The molecule has 0 radical (unpaired) electrons. The quantitative estimate of drug-likeness (QED) is 0.726. The highest BCUT2D eigenvalue weighted by Crippen LogP contribution is 2.36. The van der Waals surface area contributed by atoms with Crippen LogP contribution in [0, 0.1) is 5.92 Å². The predicted molar refractivity (Wildman–Crippen MR) is 60.1 cm³/mol. The fraction of sp³-hybridized carbons (Fsp3) is 0.636. The Morgan fingerprint density at radius 2 is 2.28 bits per heavy atom. The van der Waals surface area contributed by atoms with Gasteiger partial charge in [-0.05, 0) is 0 Å². The molecule has 4 atom stereocenters. The second kappa shape index (κ2) is 4.34. The number of ether oxygens (including phenoxy) is 3. The van der Waals surface area contributed by atoms with Gasteiger partial charge in [-0.15, -0.1) is 0 Å². The molecule has 18 heavy (non-hydrogen) atoms. The first-order valence-electron chi connectivity index (χ1n) is 5.83. The number of nitrogens with one attached hydrogen (secondary N) is 1. The SMILES string of the molecule is C[C@H]1[C@@H]2OCOC[C@H]2O[C@H]1n1ccc(=O)[nH]c1=O. The van der Waals surface area contributed by atoms with Crippen LogP contribution in [0.1, 0.15) is 13.2 Å². The molecule has 2 aliphatic rings. The monoisotopic (exact) mass is 254 g/mol. The third-order valence-electron chi connectivity index (χ3n) is 3.40. The van der Waals surface area contributed by atoms with Crippen molar-refractivity contribution in [3.63, 3.8) is 0 Å². The molecule has 2 saturated heterocycles. The van der Waals surface area contributed by atoms with Gasteiger partial charge in [0.15, 0.2) is 0 Å². The van der Waals surface area contributed by atoms with E-state index in [1.807, 2.05) is 6.92 Å². The minimum absolute atomic E-state index is 0.0162. The minimum Gasteiger partial charge on any atom is -0.353 e. The van der Waals surface area contributed by atoms with Gasteiger partial charge in [0, 0.05) is 18.2 Å². The van der Waals surface area contributed by atoms with Gasteiger partial charge in [0.25, 0.3) is 5.56 Å². The van der Waals surface area contributed by atoms with E-state index in [-0.39, 0.29) is 24.9 Å². The van der Waals surface area contributed by atoms with Gasteiger partial charge in [-0.3, -0.25) is 14.3 Å². The Balaban J connectivity index is 1.93. The van der Waals surface area contributed by atoms with Crippen LogP contribution in [0.5, 0.6) is 0 Å². The van der Waals surface area contributed by atoms with Crippen LogP contribution in [0.15, 0.2) is 21.9 Å². The summed E-state index contributed by atoms with van der Waals surface area (Å²) in [4.78, 5) is 25.0. The maximum atomic E-state index is 11.7. The third-order valence-corrected chi connectivity index (χ3v) is 3.40. The molecule has 0 bridgehead atoms. The van der Waals surface area contributed by atoms with E-state index in [1.54, 1.807) is 0 Å². The normalized spacial score (nSPS) is 35.4. The van der Waals surface area contributed by atoms with E-state index in [0.717, 1.165) is 0 Å². The lowest BCUT2D eigenvalue weighted by Crippen LogP contribution is -2.38. The van der Waals surface area contributed by atoms with Gasteiger partial charge in [-0.1, -0.05) is 6.92 Å². The summed E-state index contributed by atoms with van der Waals surface area (Å²) in [6.45, 7) is 2.67. The third kappa shape index (κ3) is 1.80. The molecule has 0 unspecified atom stereocenters. The molecular formula is C11H14N2O5. The molecule has 3 rings (SSSR count). The highest BCUT2D eigenvalue weighted by Gasteiger charge is 2.45. The number of hydrogen-bond acceptors (Lipinski definition) is 5. The van der Waals surface area contributed by atoms with E-state index < -0.39 is 17.5 Å². The smallest absolute Gasteiger partial charge is 0.330 e. The van der Waals surface area contributed by atoms with E-state index in [9.17, 15) is 9.59 Å². The summed E-state index contributed by atoms with van der Waals surface area (Å²) in [6.07, 6.45) is 0.756. The fourth-order valence-electron chi connectivity index (χ4n) is 2.51. The van der Waals surface area contributed by atoms with Gasteiger partial charge in [0.2, 0.25) is 0 Å². The maximum Gasteiger partial charge on any atom is 0.330 e. The molecule has 7 heteroatoms. The van der Waals surface area contributed by atoms with Gasteiger partial charge in [0.05, 0.1) is 12.7 Å². The average Bonchev–Trinajstić information content (AvgIpc) is 2.68. The van der Waals surface area contributed by atoms with E-state index in [2.05, 4.69) is 4.98 Å². The second-order valence-corrected chi connectivity index (χ2v) is 4.56. The summed E-state index contributed by atoms with van der Waals surface area (Å²) >= 11 is 0. The van der Waals surface area contributed by atoms with Gasteiger partial charge in [0.1, 0.15) is 19.1 Å². The van der Waals surface area contributed by atoms with Crippen LogP contribution in [-0.4, -0.2) is 35.2 Å². The maximum absolute atomic E-state index is 11.7. The average molecular weight is 254 g/mol. The zero-order valence-corrected chi connectivity index (χ0v) is 9.87. The highest BCUT2D eigenvalue weighted by molar-refractivity contribution is 4.92. The van der Waals surface area contributed by atoms with Crippen LogP contribution in [-0.2, 0) is 14.2 Å². The van der Waals surface area contributed by atoms with Gasteiger partial charge < -0.3 is 14.2 Å². The Labute approximate surface area is 102 Å². The number of aromatic amines is 1. The first kappa shape index (κ1) is 11.6. The van der Waals surface area contributed by atoms with E-state index >= 15 is 0 Å². The van der Waals surface area contributed by atoms with Crippen molar-refractivity contribution >= 4 is 0 Å². The summed E-state index contributed by atoms with van der Waals surface area (Å²) in [6, 6.07) is 1.30. The van der Waals surface area contributed by atoms with Crippen molar-refractivity contribution < 1.29 is 14.2 Å². The lowest BCUT2D eigenvalue weighted by molar-refractivity contribution is -0.185. The molecule has 2 aliphatic heterocycles. The first-order chi connectivity index (χ1) is 8.66. The van der Waals surface area contributed by atoms with Crippen LogP contribution in [0.4, 0.5) is 0 Å². The zero-order valence-electron chi connectivity index (χ0n) is 9.87. The van der Waals surface area contributed by atoms with Crippen LogP contribution in [0.3, 0.4) is 0 Å². The molecule has 2 fully saturated rings. The van der Waals surface area contributed by atoms with Crippen LogP contribution in [0.2, 0.25) is 0 Å². The molecule has 98 valence electrons.